The van der Waals surface area contributed by atoms with Crippen LogP contribution >= 0.6 is 11.6 Å². The Labute approximate surface area is 230 Å². The Morgan fingerprint density at radius 1 is 1.18 bits per heavy atom. The van der Waals surface area contributed by atoms with Gasteiger partial charge >= 0.3 is 0 Å². The van der Waals surface area contributed by atoms with Crippen LogP contribution in [0.25, 0.3) is 44.2 Å². The summed E-state index contributed by atoms with van der Waals surface area (Å²) in [6.07, 6.45) is 6.64. The molecule has 1 aliphatic heterocycles. The standard InChI is InChI=1S/C29H29ClN8O/c1-5-24(39)37-10-8-20(9-11-37)38-17(3)25(26-21-15-33-35-23(21)12-16(2)27(26)30)28(36-38)18-6-7-22-19(13-18)14-32-29(31-4)34-22/h5-7,12-15,20H,1,8-11H2,2-4H3,(H,33,35)(H,31,32,34). The van der Waals surface area contributed by atoms with Crippen molar-refractivity contribution in [3.05, 3.63) is 65.6 Å². The molecule has 4 heterocycles. The van der Waals surface area contributed by atoms with Crippen molar-refractivity contribution in [2.45, 2.75) is 32.7 Å². The average molecular weight is 541 g/mol. The Morgan fingerprint density at radius 3 is 2.72 bits per heavy atom. The first-order chi connectivity index (χ1) is 18.9. The maximum Gasteiger partial charge on any atom is 0.245 e. The molecule has 2 N–H and O–H groups in total. The lowest BCUT2D eigenvalue weighted by molar-refractivity contribution is -0.127. The number of likely N-dealkylation sites (tertiary alicyclic amines) is 1. The van der Waals surface area contributed by atoms with E-state index in [0.29, 0.717) is 24.1 Å². The van der Waals surface area contributed by atoms with E-state index < -0.39 is 0 Å². The van der Waals surface area contributed by atoms with Crippen molar-refractivity contribution in [3.8, 4) is 22.4 Å². The molecular weight excluding hydrogens is 512 g/mol. The summed E-state index contributed by atoms with van der Waals surface area (Å²) >= 11 is 7.03. The summed E-state index contributed by atoms with van der Waals surface area (Å²) < 4.78 is 2.12. The predicted molar refractivity (Wildman–Crippen MR) is 155 cm³/mol. The van der Waals surface area contributed by atoms with Crippen LogP contribution in [-0.2, 0) is 4.79 Å². The zero-order valence-electron chi connectivity index (χ0n) is 22.1. The number of H-pyrrole nitrogens is 1. The van der Waals surface area contributed by atoms with E-state index in [2.05, 4.69) is 49.7 Å². The largest absolute Gasteiger partial charge is 0.357 e. The lowest BCUT2D eigenvalue weighted by Gasteiger charge is -2.32. The molecule has 3 aromatic heterocycles. The molecule has 1 saturated heterocycles. The molecule has 1 aliphatic rings. The van der Waals surface area contributed by atoms with Gasteiger partial charge in [0, 0.05) is 59.5 Å². The zero-order chi connectivity index (χ0) is 27.3. The molecule has 2 aromatic carbocycles. The first kappa shape index (κ1) is 25.1. The van der Waals surface area contributed by atoms with Gasteiger partial charge in [0.05, 0.1) is 28.3 Å². The number of fused-ring (bicyclic) bond motifs is 2. The summed E-state index contributed by atoms with van der Waals surface area (Å²) in [6.45, 7) is 9.07. The van der Waals surface area contributed by atoms with Gasteiger partial charge in [-0.05, 0) is 56.5 Å². The van der Waals surface area contributed by atoms with Crippen molar-refractivity contribution in [2.24, 2.45) is 0 Å². The highest BCUT2D eigenvalue weighted by Crippen LogP contribution is 2.44. The first-order valence-electron chi connectivity index (χ1n) is 13.0. The van der Waals surface area contributed by atoms with Crippen LogP contribution in [-0.4, -0.2) is 60.9 Å². The second-order valence-electron chi connectivity index (χ2n) is 9.95. The highest BCUT2D eigenvalue weighted by Gasteiger charge is 2.29. The summed E-state index contributed by atoms with van der Waals surface area (Å²) in [5, 5.41) is 18.2. The molecule has 6 rings (SSSR count). The van der Waals surface area contributed by atoms with Crippen LogP contribution in [0.1, 0.15) is 30.1 Å². The number of nitrogens with zero attached hydrogens (tertiary/aromatic N) is 6. The summed E-state index contributed by atoms with van der Waals surface area (Å²) in [4.78, 5) is 23.0. The molecule has 0 unspecified atom stereocenters. The fraction of sp³-hybridized carbons (Fsp3) is 0.276. The van der Waals surface area contributed by atoms with Crippen molar-refractivity contribution in [2.75, 3.05) is 25.5 Å². The molecule has 0 bridgehead atoms. The van der Waals surface area contributed by atoms with Gasteiger partial charge in [-0.25, -0.2) is 9.97 Å². The van der Waals surface area contributed by atoms with Crippen molar-refractivity contribution >= 4 is 45.3 Å². The number of carbonyl (C=O) groups excluding carboxylic acids is 1. The number of piperidine rings is 1. The molecule has 39 heavy (non-hydrogen) atoms. The van der Waals surface area contributed by atoms with Crippen LogP contribution in [0.4, 0.5) is 5.95 Å². The van der Waals surface area contributed by atoms with Gasteiger partial charge in [-0.15, -0.1) is 0 Å². The van der Waals surface area contributed by atoms with Gasteiger partial charge in [-0.2, -0.15) is 10.2 Å². The number of benzene rings is 2. The molecule has 10 heteroatoms. The number of carbonyl (C=O) groups is 1. The number of nitrogens with one attached hydrogen (secondary N) is 2. The molecule has 9 nitrogen and oxygen atoms in total. The van der Waals surface area contributed by atoms with Crippen molar-refractivity contribution in [3.63, 3.8) is 0 Å². The number of hydrogen-bond acceptors (Lipinski definition) is 6. The van der Waals surface area contributed by atoms with Crippen LogP contribution in [0.15, 0.2) is 49.3 Å². The Balaban J connectivity index is 1.54. The summed E-state index contributed by atoms with van der Waals surface area (Å²) in [7, 11) is 1.80. The monoisotopic (exact) mass is 540 g/mol. The maximum atomic E-state index is 12.2. The molecule has 198 valence electrons. The smallest absolute Gasteiger partial charge is 0.245 e. The third-order valence-corrected chi connectivity index (χ3v) is 8.13. The maximum absolute atomic E-state index is 12.2. The molecule has 0 aliphatic carbocycles. The van der Waals surface area contributed by atoms with E-state index in [-0.39, 0.29) is 11.9 Å². The van der Waals surface area contributed by atoms with Gasteiger partial charge in [-0.3, -0.25) is 14.6 Å². The third kappa shape index (κ3) is 4.23. The molecular formula is C29H29ClN8O. The Bertz CT molecular complexity index is 1750. The fourth-order valence-electron chi connectivity index (χ4n) is 5.58. The van der Waals surface area contributed by atoms with E-state index in [0.717, 1.165) is 68.3 Å². The molecule has 0 radical (unpaired) electrons. The van der Waals surface area contributed by atoms with Gasteiger partial charge in [0.15, 0.2) is 0 Å². The summed E-state index contributed by atoms with van der Waals surface area (Å²) in [5.74, 6) is 0.548. The minimum absolute atomic E-state index is 0.0271. The topological polar surface area (TPSA) is 105 Å². The highest BCUT2D eigenvalue weighted by atomic mass is 35.5. The predicted octanol–water partition coefficient (Wildman–Crippen LogP) is 5.70. The number of hydrogen-bond donors (Lipinski definition) is 2. The van der Waals surface area contributed by atoms with Gasteiger partial charge < -0.3 is 10.2 Å². The van der Waals surface area contributed by atoms with Gasteiger partial charge in [0.2, 0.25) is 11.9 Å². The van der Waals surface area contributed by atoms with E-state index in [4.69, 9.17) is 16.7 Å². The molecule has 1 amide bonds. The number of aromatic amines is 1. The molecule has 1 fully saturated rings. The van der Waals surface area contributed by atoms with E-state index in [1.54, 1.807) is 7.05 Å². The lowest BCUT2D eigenvalue weighted by atomic mass is 9.94. The number of halogens is 1. The van der Waals surface area contributed by atoms with Crippen molar-refractivity contribution in [1.82, 2.24) is 34.8 Å². The quantitative estimate of drug-likeness (QED) is 0.277. The molecule has 0 saturated carbocycles. The van der Waals surface area contributed by atoms with Crippen molar-refractivity contribution < 1.29 is 4.79 Å². The Kier molecular flexibility index (Phi) is 6.31. The van der Waals surface area contributed by atoms with E-state index in [9.17, 15) is 4.79 Å². The van der Waals surface area contributed by atoms with Crippen LogP contribution in [0, 0.1) is 13.8 Å². The number of aryl methyl sites for hydroxylation is 1. The Hall–Kier alpha value is -4.24. The van der Waals surface area contributed by atoms with Gasteiger partial charge in [-0.1, -0.05) is 24.2 Å². The van der Waals surface area contributed by atoms with Gasteiger partial charge in [0.25, 0.3) is 0 Å². The summed E-state index contributed by atoms with van der Waals surface area (Å²) in [6, 6.07) is 8.29. The second kappa shape index (κ2) is 9.81. The zero-order valence-corrected chi connectivity index (χ0v) is 22.9. The minimum atomic E-state index is -0.0271. The van der Waals surface area contributed by atoms with E-state index >= 15 is 0 Å². The SMILES string of the molecule is C=CC(=O)N1CCC(n2nc(-c3ccc4nc(NC)ncc4c3)c(-c3c(Cl)c(C)cc4[nH]ncc34)c2C)CC1. The second-order valence-corrected chi connectivity index (χ2v) is 10.3. The van der Waals surface area contributed by atoms with Crippen LogP contribution in [0.2, 0.25) is 5.02 Å². The Morgan fingerprint density at radius 2 is 1.97 bits per heavy atom. The minimum Gasteiger partial charge on any atom is -0.357 e. The van der Waals surface area contributed by atoms with E-state index in [1.807, 2.05) is 42.4 Å². The first-order valence-corrected chi connectivity index (χ1v) is 13.3. The van der Waals surface area contributed by atoms with Crippen molar-refractivity contribution in [1.29, 1.82) is 0 Å². The number of rotatable bonds is 5. The van der Waals surface area contributed by atoms with Crippen LogP contribution in [0.5, 0.6) is 0 Å². The van der Waals surface area contributed by atoms with Gasteiger partial charge in [0.1, 0.15) is 5.69 Å². The van der Waals surface area contributed by atoms with E-state index in [1.165, 1.54) is 6.08 Å². The van der Waals surface area contributed by atoms with Crippen LogP contribution < -0.4 is 5.32 Å². The summed E-state index contributed by atoms with van der Waals surface area (Å²) in [5.41, 5.74) is 7.45. The normalized spacial score (nSPS) is 14.3. The average Bonchev–Trinajstić information content (AvgIpc) is 3.57. The number of amides is 1. The fourth-order valence-corrected chi connectivity index (χ4v) is 5.83. The highest BCUT2D eigenvalue weighted by molar-refractivity contribution is 6.36. The third-order valence-electron chi connectivity index (χ3n) is 7.64. The number of anilines is 1. The number of aromatic nitrogens is 6. The molecule has 0 atom stereocenters. The molecule has 5 aromatic rings. The molecule has 0 spiro atoms. The van der Waals surface area contributed by atoms with Crippen LogP contribution in [0.3, 0.4) is 0 Å². The lowest BCUT2D eigenvalue weighted by Crippen LogP contribution is -2.38.